The molecule has 0 saturated carbocycles. The number of nitrogens with zero attached hydrogens (tertiary/aromatic N) is 1. The van der Waals surface area contributed by atoms with Crippen LogP contribution in [-0.2, 0) is 4.79 Å². The number of amides is 1. The van der Waals surface area contributed by atoms with Gasteiger partial charge in [-0.25, -0.2) is 0 Å². The maximum atomic E-state index is 12.4. The van der Waals surface area contributed by atoms with Gasteiger partial charge in [0.05, 0.1) is 12.9 Å². The molecule has 0 atom stereocenters. The Morgan fingerprint density at radius 3 is 2.73 bits per heavy atom. The highest BCUT2D eigenvalue weighted by Crippen LogP contribution is 2.37. The van der Waals surface area contributed by atoms with Crippen LogP contribution in [0.5, 0.6) is 5.75 Å². The molecule has 0 spiro atoms. The van der Waals surface area contributed by atoms with Crippen LogP contribution in [0.3, 0.4) is 0 Å². The van der Waals surface area contributed by atoms with Crippen LogP contribution in [0.4, 0.5) is 5.82 Å². The van der Waals surface area contributed by atoms with Crippen LogP contribution in [0.15, 0.2) is 74.5 Å². The molecule has 7 heteroatoms. The summed E-state index contributed by atoms with van der Waals surface area (Å²) in [6.45, 7) is 4.28. The molecule has 0 saturated heterocycles. The van der Waals surface area contributed by atoms with E-state index in [-0.39, 0.29) is 5.91 Å². The third-order valence-corrected chi connectivity index (χ3v) is 5.12. The third kappa shape index (κ3) is 4.16. The number of ether oxygens (including phenoxy) is 1. The highest BCUT2D eigenvalue weighted by Gasteiger charge is 2.15. The summed E-state index contributed by atoms with van der Waals surface area (Å²) in [4.78, 5) is 12.4. The van der Waals surface area contributed by atoms with Crippen LogP contribution in [0.25, 0.3) is 27.7 Å². The minimum absolute atomic E-state index is 0.302. The van der Waals surface area contributed by atoms with Gasteiger partial charge in [-0.3, -0.25) is 4.79 Å². The van der Waals surface area contributed by atoms with E-state index in [1.807, 2.05) is 50.2 Å². The van der Waals surface area contributed by atoms with Gasteiger partial charge in [0.15, 0.2) is 5.82 Å². The molecule has 0 aliphatic heterocycles. The van der Waals surface area contributed by atoms with Crippen LogP contribution in [0.2, 0.25) is 0 Å². The van der Waals surface area contributed by atoms with Crippen molar-refractivity contribution in [3.05, 3.63) is 71.1 Å². The van der Waals surface area contributed by atoms with Crippen molar-refractivity contribution in [3.63, 3.8) is 0 Å². The Bertz CT molecular complexity index is 1210. The van der Waals surface area contributed by atoms with Gasteiger partial charge in [-0.15, -0.1) is 0 Å². The lowest BCUT2D eigenvalue weighted by molar-refractivity contribution is -0.111. The Balaban J connectivity index is 1.75. The topological polar surface area (TPSA) is 77.5 Å². The summed E-state index contributed by atoms with van der Waals surface area (Å²) < 4.78 is 17.4. The van der Waals surface area contributed by atoms with Crippen LogP contribution in [0, 0.1) is 0 Å². The SMILES string of the molecule is CCOc1cc2occ(-c3ccc(Br)cc3)c2cc1/C(C)=C/C(=O)Nc1ccon1. The maximum Gasteiger partial charge on any atom is 0.249 e. The fourth-order valence-corrected chi connectivity index (χ4v) is 3.47. The van der Waals surface area contributed by atoms with Crippen molar-refractivity contribution in [2.24, 2.45) is 0 Å². The van der Waals surface area contributed by atoms with Gasteiger partial charge in [0.1, 0.15) is 17.6 Å². The molecule has 0 radical (unpaired) electrons. The number of hydrogen-bond donors (Lipinski definition) is 1. The second-order valence-corrected chi connectivity index (χ2v) is 7.55. The molecule has 2 aromatic heterocycles. The zero-order chi connectivity index (χ0) is 21.1. The van der Waals surface area contributed by atoms with Gasteiger partial charge in [-0.1, -0.05) is 33.2 Å². The van der Waals surface area contributed by atoms with Crippen molar-refractivity contribution in [2.75, 3.05) is 11.9 Å². The molecule has 30 heavy (non-hydrogen) atoms. The first kappa shape index (κ1) is 20.0. The summed E-state index contributed by atoms with van der Waals surface area (Å²) in [5.41, 5.74) is 4.31. The number of furan rings is 1. The molecule has 6 nitrogen and oxygen atoms in total. The molecule has 4 aromatic rings. The number of anilines is 1. The molecular formula is C23H19BrN2O4. The van der Waals surface area contributed by atoms with Gasteiger partial charge in [0.2, 0.25) is 5.91 Å². The lowest BCUT2D eigenvalue weighted by Crippen LogP contribution is -2.09. The number of nitrogens with one attached hydrogen (secondary N) is 1. The van der Waals surface area contributed by atoms with E-state index in [1.54, 1.807) is 12.3 Å². The number of halogens is 1. The van der Waals surface area contributed by atoms with E-state index in [9.17, 15) is 4.79 Å². The van der Waals surface area contributed by atoms with Gasteiger partial charge in [-0.05, 0) is 43.2 Å². The zero-order valence-corrected chi connectivity index (χ0v) is 18.0. The monoisotopic (exact) mass is 466 g/mol. The average Bonchev–Trinajstić information content (AvgIpc) is 3.37. The molecule has 1 N–H and O–H groups in total. The van der Waals surface area contributed by atoms with E-state index in [4.69, 9.17) is 13.7 Å². The Morgan fingerprint density at radius 1 is 1.23 bits per heavy atom. The predicted octanol–water partition coefficient (Wildman–Crippen LogP) is 6.29. The standard InChI is InChI=1S/C23H19BrN2O4/c1-3-28-20-12-21-18(19(13-29-21)15-4-6-16(24)7-5-15)11-17(20)14(2)10-23(27)25-22-8-9-30-26-22/h4-13H,3H2,1-2H3,(H,25,26,27)/b14-10+. The van der Waals surface area contributed by atoms with Crippen molar-refractivity contribution in [1.29, 1.82) is 0 Å². The number of rotatable bonds is 6. The summed E-state index contributed by atoms with van der Waals surface area (Å²) in [6, 6.07) is 13.5. The average molecular weight is 467 g/mol. The Labute approximate surface area is 181 Å². The first-order chi connectivity index (χ1) is 14.5. The molecule has 0 fully saturated rings. The van der Waals surface area contributed by atoms with Gasteiger partial charge in [0, 0.05) is 39.2 Å². The molecule has 0 bridgehead atoms. The molecule has 4 rings (SSSR count). The lowest BCUT2D eigenvalue weighted by Gasteiger charge is -2.11. The van der Waals surface area contributed by atoms with Crippen LogP contribution in [0.1, 0.15) is 19.4 Å². The fraction of sp³-hybridized carbons (Fsp3) is 0.130. The smallest absolute Gasteiger partial charge is 0.249 e. The number of aromatic nitrogens is 1. The van der Waals surface area contributed by atoms with Crippen LogP contribution in [-0.4, -0.2) is 17.7 Å². The van der Waals surface area contributed by atoms with Crippen molar-refractivity contribution in [1.82, 2.24) is 5.16 Å². The minimum Gasteiger partial charge on any atom is -0.493 e. The van der Waals surface area contributed by atoms with Crippen molar-refractivity contribution >= 4 is 44.2 Å². The summed E-state index contributed by atoms with van der Waals surface area (Å²) in [6.07, 6.45) is 4.65. The van der Waals surface area contributed by atoms with Gasteiger partial charge in [-0.2, -0.15) is 0 Å². The third-order valence-electron chi connectivity index (χ3n) is 4.59. The molecular weight excluding hydrogens is 448 g/mol. The van der Waals surface area contributed by atoms with Crippen molar-refractivity contribution in [3.8, 4) is 16.9 Å². The second-order valence-electron chi connectivity index (χ2n) is 6.64. The minimum atomic E-state index is -0.302. The summed E-state index contributed by atoms with van der Waals surface area (Å²) in [7, 11) is 0. The quantitative estimate of drug-likeness (QED) is 0.337. The van der Waals surface area contributed by atoms with E-state index in [1.165, 1.54) is 12.3 Å². The highest BCUT2D eigenvalue weighted by atomic mass is 79.9. The molecule has 2 heterocycles. The number of carbonyl (C=O) groups is 1. The molecule has 2 aromatic carbocycles. The van der Waals surface area contributed by atoms with Gasteiger partial charge < -0.3 is 19.0 Å². The lowest BCUT2D eigenvalue weighted by atomic mass is 9.99. The molecule has 152 valence electrons. The van der Waals surface area contributed by atoms with Crippen molar-refractivity contribution < 1.29 is 18.5 Å². The first-order valence-electron chi connectivity index (χ1n) is 9.39. The zero-order valence-electron chi connectivity index (χ0n) is 16.4. The van der Waals surface area contributed by atoms with E-state index in [0.717, 1.165) is 37.7 Å². The largest absolute Gasteiger partial charge is 0.493 e. The number of benzene rings is 2. The Kier molecular flexibility index (Phi) is 5.72. The molecule has 0 aliphatic rings. The predicted molar refractivity (Wildman–Crippen MR) is 119 cm³/mol. The summed E-state index contributed by atoms with van der Waals surface area (Å²) in [5.74, 6) is 0.714. The summed E-state index contributed by atoms with van der Waals surface area (Å²) in [5, 5.41) is 7.30. The number of carbonyl (C=O) groups excluding carboxylic acids is 1. The molecule has 1 amide bonds. The normalized spacial score (nSPS) is 11.6. The van der Waals surface area contributed by atoms with E-state index in [2.05, 4.69) is 26.4 Å². The fourth-order valence-electron chi connectivity index (χ4n) is 3.20. The highest BCUT2D eigenvalue weighted by molar-refractivity contribution is 9.10. The van der Waals surface area contributed by atoms with E-state index < -0.39 is 0 Å². The Hall–Kier alpha value is -3.32. The number of hydrogen-bond acceptors (Lipinski definition) is 5. The number of allylic oxidation sites excluding steroid dienone is 1. The van der Waals surface area contributed by atoms with E-state index >= 15 is 0 Å². The molecule has 0 aliphatic carbocycles. The van der Waals surface area contributed by atoms with E-state index in [0.29, 0.717) is 18.2 Å². The van der Waals surface area contributed by atoms with Crippen LogP contribution < -0.4 is 10.1 Å². The van der Waals surface area contributed by atoms with Gasteiger partial charge in [0.25, 0.3) is 0 Å². The van der Waals surface area contributed by atoms with Crippen LogP contribution >= 0.6 is 15.9 Å². The first-order valence-corrected chi connectivity index (χ1v) is 10.2. The second kappa shape index (κ2) is 8.59. The molecule has 0 unspecified atom stereocenters. The summed E-state index contributed by atoms with van der Waals surface area (Å²) >= 11 is 3.46. The maximum absolute atomic E-state index is 12.4. The van der Waals surface area contributed by atoms with Crippen molar-refractivity contribution in [2.45, 2.75) is 13.8 Å². The van der Waals surface area contributed by atoms with Gasteiger partial charge >= 0.3 is 0 Å². The Morgan fingerprint density at radius 2 is 2.03 bits per heavy atom. The number of fused-ring (bicyclic) bond motifs is 1.